The van der Waals surface area contributed by atoms with Crippen molar-refractivity contribution in [3.63, 3.8) is 0 Å². The van der Waals surface area contributed by atoms with Gasteiger partial charge in [0.15, 0.2) is 6.29 Å². The molecule has 0 spiro atoms. The molecule has 7 heteroatoms. The van der Waals surface area contributed by atoms with E-state index in [1.807, 2.05) is 18.2 Å². The topological polar surface area (TPSA) is 83.1 Å². The number of amides is 1. The molecule has 1 N–H and O–H groups in total. The maximum atomic E-state index is 12.9. The molecule has 218 valence electrons. The van der Waals surface area contributed by atoms with Crippen molar-refractivity contribution in [3.8, 4) is 0 Å². The van der Waals surface area contributed by atoms with E-state index in [0.29, 0.717) is 36.2 Å². The molecule has 0 radical (unpaired) electrons. The van der Waals surface area contributed by atoms with Crippen molar-refractivity contribution in [1.82, 2.24) is 5.32 Å². The van der Waals surface area contributed by atoms with Gasteiger partial charge in [0.25, 0.3) is 0 Å². The number of methoxy groups -OCH3 is 2. The van der Waals surface area contributed by atoms with Crippen molar-refractivity contribution in [2.24, 2.45) is 34.5 Å². The van der Waals surface area contributed by atoms with Gasteiger partial charge in [-0.05, 0) is 61.0 Å². The average molecular weight is 552 g/mol. The van der Waals surface area contributed by atoms with Crippen LogP contribution in [0.15, 0.2) is 53.6 Å². The minimum Gasteiger partial charge on any atom is -0.458 e. The summed E-state index contributed by atoms with van der Waals surface area (Å²) in [7, 11) is 5.04. The number of carbonyl (C=O) groups excluding carboxylic acids is 2. The largest absolute Gasteiger partial charge is 0.458 e. The summed E-state index contributed by atoms with van der Waals surface area (Å²) in [5.74, 6) is 1.21. The van der Waals surface area contributed by atoms with Gasteiger partial charge in [-0.1, -0.05) is 62.3 Å². The molecule has 1 aromatic rings. The highest BCUT2D eigenvalue weighted by Crippen LogP contribution is 2.66. The highest BCUT2D eigenvalue weighted by Gasteiger charge is 2.60. The molecule has 0 saturated heterocycles. The molecule has 1 amide bonds. The van der Waals surface area contributed by atoms with Gasteiger partial charge in [-0.3, -0.25) is 0 Å². The van der Waals surface area contributed by atoms with Gasteiger partial charge in [0.05, 0.1) is 5.56 Å². The van der Waals surface area contributed by atoms with Crippen molar-refractivity contribution in [1.29, 1.82) is 0 Å². The van der Waals surface area contributed by atoms with Gasteiger partial charge >= 0.3 is 12.1 Å². The summed E-state index contributed by atoms with van der Waals surface area (Å²) in [5, 5.41) is 2.63. The fraction of sp³-hybridized carbons (Fsp3) is 0.636. The summed E-state index contributed by atoms with van der Waals surface area (Å²) in [4.78, 5) is 25.5. The lowest BCUT2D eigenvalue weighted by Gasteiger charge is -2.57. The summed E-state index contributed by atoms with van der Waals surface area (Å²) >= 11 is 0. The van der Waals surface area contributed by atoms with Crippen molar-refractivity contribution in [2.45, 2.75) is 77.8 Å². The monoisotopic (exact) mass is 551 g/mol. The van der Waals surface area contributed by atoms with Crippen LogP contribution in [0.1, 0.15) is 69.7 Å². The van der Waals surface area contributed by atoms with Crippen LogP contribution < -0.4 is 5.32 Å². The first-order valence-corrected chi connectivity index (χ1v) is 14.8. The van der Waals surface area contributed by atoms with Gasteiger partial charge in [-0.2, -0.15) is 0 Å². The zero-order chi connectivity index (χ0) is 28.7. The van der Waals surface area contributed by atoms with Crippen LogP contribution in [0.4, 0.5) is 4.79 Å². The standard InChI is InChI=1S/C33H45NO6/c1-20(30(37-5)38-6)25-14-15-26-24-13-12-22-18-23(39-29(35)21-10-8-7-9-11-21)19-28(40-31(36)34-4)33(22,3)27(24)16-17-32(25,26)2/h7-13,20,23,25-28,30H,14-19H2,1-6H3,(H,34,36)/t20?,23-,25-,26+,27+,28+,32-,33+/m1/s1. The second-order valence-corrected chi connectivity index (χ2v) is 12.7. The van der Waals surface area contributed by atoms with Crippen LogP contribution in [0.5, 0.6) is 0 Å². The maximum absolute atomic E-state index is 12.9. The molecule has 0 heterocycles. The molecule has 7 nitrogen and oxygen atoms in total. The van der Waals surface area contributed by atoms with Gasteiger partial charge in [-0.15, -0.1) is 0 Å². The Morgan fingerprint density at radius 1 is 0.975 bits per heavy atom. The van der Waals surface area contributed by atoms with E-state index in [2.05, 4.69) is 38.2 Å². The molecule has 3 saturated carbocycles. The predicted octanol–water partition coefficient (Wildman–Crippen LogP) is 6.30. The Morgan fingerprint density at radius 3 is 2.38 bits per heavy atom. The third-order valence-electron chi connectivity index (χ3n) is 10.9. The molecule has 40 heavy (non-hydrogen) atoms. The van der Waals surface area contributed by atoms with Gasteiger partial charge in [0.1, 0.15) is 12.2 Å². The number of nitrogens with one attached hydrogen (secondary N) is 1. The molecular formula is C33H45NO6. The highest BCUT2D eigenvalue weighted by atomic mass is 16.7. The fourth-order valence-corrected chi connectivity index (χ4v) is 8.87. The van der Waals surface area contributed by atoms with Crippen LogP contribution in [0, 0.1) is 34.5 Å². The number of benzene rings is 1. The number of rotatable bonds is 7. The van der Waals surface area contributed by atoms with E-state index in [4.69, 9.17) is 18.9 Å². The Kier molecular flexibility index (Phi) is 8.17. The van der Waals surface area contributed by atoms with E-state index < -0.39 is 12.2 Å². The Balaban J connectivity index is 1.44. The number of carbonyl (C=O) groups is 2. The molecule has 4 aliphatic carbocycles. The number of hydrogen-bond acceptors (Lipinski definition) is 6. The second-order valence-electron chi connectivity index (χ2n) is 12.7. The van der Waals surface area contributed by atoms with Gasteiger partial charge in [0.2, 0.25) is 0 Å². The number of ether oxygens (including phenoxy) is 4. The highest BCUT2D eigenvalue weighted by molar-refractivity contribution is 5.89. The third-order valence-corrected chi connectivity index (χ3v) is 10.9. The summed E-state index contributed by atoms with van der Waals surface area (Å²) in [6.45, 7) is 7.00. The molecule has 3 fully saturated rings. The molecule has 1 aromatic carbocycles. The first-order valence-electron chi connectivity index (χ1n) is 14.8. The smallest absolute Gasteiger partial charge is 0.407 e. The second kappa shape index (κ2) is 11.3. The molecule has 8 atom stereocenters. The fourth-order valence-electron chi connectivity index (χ4n) is 8.87. The molecular weight excluding hydrogens is 506 g/mol. The number of allylic oxidation sites excluding steroid dienone is 3. The van der Waals surface area contributed by atoms with E-state index >= 15 is 0 Å². The number of hydrogen-bond donors (Lipinski definition) is 1. The van der Waals surface area contributed by atoms with E-state index in [-0.39, 0.29) is 35.1 Å². The van der Waals surface area contributed by atoms with Crippen LogP contribution in [0.2, 0.25) is 0 Å². The van der Waals surface area contributed by atoms with Gasteiger partial charge in [-0.25, -0.2) is 9.59 Å². The molecule has 0 bridgehead atoms. The van der Waals surface area contributed by atoms with Crippen LogP contribution in [0.3, 0.4) is 0 Å². The summed E-state index contributed by atoms with van der Waals surface area (Å²) < 4.78 is 23.4. The Morgan fingerprint density at radius 2 is 1.70 bits per heavy atom. The lowest BCUT2D eigenvalue weighted by molar-refractivity contribution is -0.156. The van der Waals surface area contributed by atoms with Crippen molar-refractivity contribution in [2.75, 3.05) is 21.3 Å². The molecule has 5 rings (SSSR count). The van der Waals surface area contributed by atoms with Crippen LogP contribution in [-0.4, -0.2) is 51.8 Å². The lowest BCUT2D eigenvalue weighted by Crippen LogP contribution is -2.54. The average Bonchev–Trinajstić information content (AvgIpc) is 3.31. The summed E-state index contributed by atoms with van der Waals surface area (Å²) in [6, 6.07) is 9.07. The van der Waals surface area contributed by atoms with Crippen LogP contribution >= 0.6 is 0 Å². The molecule has 1 unspecified atom stereocenters. The number of alkyl carbamates (subject to hydrolysis) is 1. The normalized spacial score (nSPS) is 35.4. The molecule has 0 aliphatic heterocycles. The van der Waals surface area contributed by atoms with Crippen molar-refractivity contribution < 1.29 is 28.5 Å². The third kappa shape index (κ3) is 4.79. The van der Waals surface area contributed by atoms with Crippen molar-refractivity contribution >= 4 is 12.1 Å². The van der Waals surface area contributed by atoms with Crippen LogP contribution in [-0.2, 0) is 18.9 Å². The van der Waals surface area contributed by atoms with Gasteiger partial charge < -0.3 is 24.3 Å². The quantitative estimate of drug-likeness (QED) is 0.316. The van der Waals surface area contributed by atoms with E-state index in [9.17, 15) is 9.59 Å². The minimum atomic E-state index is -0.447. The Bertz CT molecular complexity index is 1160. The SMILES string of the molecule is CNC(=O)O[C@H]1C[C@H](OC(=O)c2ccccc2)CC2=CC=C3[C@@H]4CC[C@H](C(C)C(OC)OC)[C@@]4(C)CC[C@@H]3[C@]21C. The van der Waals surface area contributed by atoms with Crippen molar-refractivity contribution in [3.05, 3.63) is 59.2 Å². The van der Waals surface area contributed by atoms with E-state index in [0.717, 1.165) is 25.7 Å². The number of fused-ring (bicyclic) bond motifs is 5. The summed E-state index contributed by atoms with van der Waals surface area (Å²) in [6.07, 6.45) is 8.73. The molecule has 0 aromatic heterocycles. The van der Waals surface area contributed by atoms with E-state index in [1.54, 1.807) is 33.4 Å². The zero-order valence-corrected chi connectivity index (χ0v) is 24.8. The predicted molar refractivity (Wildman–Crippen MR) is 152 cm³/mol. The minimum absolute atomic E-state index is 0.165. The Labute approximate surface area is 238 Å². The van der Waals surface area contributed by atoms with E-state index in [1.165, 1.54) is 11.1 Å². The maximum Gasteiger partial charge on any atom is 0.407 e. The molecule has 4 aliphatic rings. The Hall–Kier alpha value is -2.64. The lowest BCUT2D eigenvalue weighted by atomic mass is 9.49. The zero-order valence-electron chi connectivity index (χ0n) is 24.8. The van der Waals surface area contributed by atoms with Gasteiger partial charge in [0, 0.05) is 45.4 Å². The number of esters is 1. The first-order chi connectivity index (χ1) is 19.2. The summed E-state index contributed by atoms with van der Waals surface area (Å²) in [5.41, 5.74) is 3.04. The first kappa shape index (κ1) is 28.9. The van der Waals surface area contributed by atoms with Crippen LogP contribution in [0.25, 0.3) is 0 Å².